The molecule has 1 aromatic carbocycles. The molecule has 0 heterocycles. The highest BCUT2D eigenvalue weighted by molar-refractivity contribution is 6.33. The summed E-state index contributed by atoms with van der Waals surface area (Å²) >= 11 is 5.98. The Bertz CT molecular complexity index is 439. The number of esters is 1. The van der Waals surface area contributed by atoms with Gasteiger partial charge in [-0.15, -0.1) is 0 Å². The van der Waals surface area contributed by atoms with Crippen molar-refractivity contribution in [3.8, 4) is 0 Å². The zero-order valence-corrected chi connectivity index (χ0v) is 11.2. The molecule has 1 aliphatic carbocycles. The number of nitrogens with two attached hydrogens (primary N) is 1. The molecule has 0 atom stereocenters. The Kier molecular flexibility index (Phi) is 4.12. The van der Waals surface area contributed by atoms with E-state index >= 15 is 0 Å². The first kappa shape index (κ1) is 13.2. The highest BCUT2D eigenvalue weighted by Crippen LogP contribution is 2.27. The molecule has 1 fully saturated rings. The minimum Gasteiger partial charge on any atom is -0.459 e. The van der Waals surface area contributed by atoms with Crippen LogP contribution in [0, 0.1) is 5.92 Å². The van der Waals surface area contributed by atoms with Crippen LogP contribution in [0.3, 0.4) is 0 Å². The summed E-state index contributed by atoms with van der Waals surface area (Å²) in [5, 5.41) is 0.351. The number of ether oxygens (including phenoxy) is 1. The van der Waals surface area contributed by atoms with Crippen LogP contribution in [0.5, 0.6) is 0 Å². The number of hydrogen-bond donors (Lipinski definition) is 1. The molecule has 98 valence electrons. The number of carbonyl (C=O) groups excluding carboxylic acids is 1. The number of anilines is 1. The smallest absolute Gasteiger partial charge is 0.339 e. The van der Waals surface area contributed by atoms with Gasteiger partial charge in [-0.25, -0.2) is 4.79 Å². The molecule has 18 heavy (non-hydrogen) atoms. The molecule has 0 aromatic heterocycles. The Morgan fingerprint density at radius 2 is 2.00 bits per heavy atom. The number of nitrogen functional groups attached to an aromatic ring is 1. The first-order valence-corrected chi connectivity index (χ1v) is 6.70. The molecule has 3 nitrogen and oxygen atoms in total. The Balaban J connectivity index is 1.99. The Labute approximate surface area is 112 Å². The quantitative estimate of drug-likeness (QED) is 0.657. The lowest BCUT2D eigenvalue weighted by molar-refractivity contribution is 0.0174. The first-order chi connectivity index (χ1) is 8.56. The van der Waals surface area contributed by atoms with Gasteiger partial charge in [-0.3, -0.25) is 0 Å². The van der Waals surface area contributed by atoms with Crippen LogP contribution in [0.2, 0.25) is 5.02 Å². The van der Waals surface area contributed by atoms with Gasteiger partial charge >= 0.3 is 5.97 Å². The monoisotopic (exact) mass is 267 g/mol. The molecule has 4 heteroatoms. The molecule has 2 N–H and O–H groups in total. The van der Waals surface area contributed by atoms with Crippen molar-refractivity contribution in [2.45, 2.75) is 38.7 Å². The van der Waals surface area contributed by atoms with E-state index in [0.717, 1.165) is 31.6 Å². The summed E-state index contributed by atoms with van der Waals surface area (Å²) in [5.41, 5.74) is 6.53. The molecular formula is C14H18ClNO2. The van der Waals surface area contributed by atoms with Gasteiger partial charge in [0, 0.05) is 5.69 Å². The second-order valence-corrected chi connectivity index (χ2v) is 5.43. The third-order valence-corrected chi connectivity index (χ3v) is 3.76. The fraction of sp³-hybridized carbons (Fsp3) is 0.500. The highest BCUT2D eigenvalue weighted by Gasteiger charge is 2.23. The molecule has 0 unspecified atom stereocenters. The molecule has 0 bridgehead atoms. The van der Waals surface area contributed by atoms with Gasteiger partial charge in [-0.2, -0.15) is 0 Å². The molecule has 0 amide bonds. The van der Waals surface area contributed by atoms with Crippen molar-refractivity contribution in [1.29, 1.82) is 0 Å². The van der Waals surface area contributed by atoms with E-state index in [1.165, 1.54) is 0 Å². The van der Waals surface area contributed by atoms with Crippen LogP contribution in [0.15, 0.2) is 18.2 Å². The Hall–Kier alpha value is -1.22. The predicted octanol–water partition coefficient (Wildman–Crippen LogP) is 3.66. The minimum absolute atomic E-state index is 0.0299. The second-order valence-electron chi connectivity index (χ2n) is 5.03. The van der Waals surface area contributed by atoms with Gasteiger partial charge in [-0.05, 0) is 49.8 Å². The summed E-state index contributed by atoms with van der Waals surface area (Å²) in [6.07, 6.45) is 4.15. The number of halogens is 1. The van der Waals surface area contributed by atoms with Gasteiger partial charge < -0.3 is 10.5 Å². The minimum atomic E-state index is -0.348. The molecular weight excluding hydrogens is 250 g/mol. The summed E-state index contributed by atoms with van der Waals surface area (Å²) in [6, 6.07) is 4.85. The lowest BCUT2D eigenvalue weighted by Crippen LogP contribution is -2.23. The second kappa shape index (κ2) is 5.61. The van der Waals surface area contributed by atoms with Crippen LogP contribution in [-0.2, 0) is 4.74 Å². The van der Waals surface area contributed by atoms with E-state index in [1.807, 2.05) is 0 Å². The fourth-order valence-electron chi connectivity index (χ4n) is 2.26. The maximum atomic E-state index is 12.0. The van der Waals surface area contributed by atoms with E-state index in [4.69, 9.17) is 22.1 Å². The summed E-state index contributed by atoms with van der Waals surface area (Å²) in [7, 11) is 0. The van der Waals surface area contributed by atoms with Crippen molar-refractivity contribution in [2.75, 3.05) is 5.73 Å². The maximum Gasteiger partial charge on any atom is 0.339 e. The van der Waals surface area contributed by atoms with E-state index in [9.17, 15) is 4.79 Å². The van der Waals surface area contributed by atoms with E-state index in [0.29, 0.717) is 16.3 Å². The summed E-state index contributed by atoms with van der Waals surface area (Å²) in [4.78, 5) is 12.0. The van der Waals surface area contributed by atoms with E-state index in [2.05, 4.69) is 6.92 Å². The van der Waals surface area contributed by atoms with Crippen molar-refractivity contribution >= 4 is 23.3 Å². The van der Waals surface area contributed by atoms with Crippen molar-refractivity contribution in [3.63, 3.8) is 0 Å². The number of hydrogen-bond acceptors (Lipinski definition) is 3. The number of benzene rings is 1. The van der Waals surface area contributed by atoms with Crippen LogP contribution in [0.1, 0.15) is 43.0 Å². The third-order valence-electron chi connectivity index (χ3n) is 3.45. The Morgan fingerprint density at radius 3 is 2.61 bits per heavy atom. The summed E-state index contributed by atoms with van der Waals surface area (Å²) < 4.78 is 5.48. The van der Waals surface area contributed by atoms with Crippen LogP contribution in [-0.4, -0.2) is 12.1 Å². The highest BCUT2D eigenvalue weighted by atomic mass is 35.5. The van der Waals surface area contributed by atoms with Crippen molar-refractivity contribution in [3.05, 3.63) is 28.8 Å². The topological polar surface area (TPSA) is 52.3 Å². The van der Waals surface area contributed by atoms with Crippen molar-refractivity contribution in [1.82, 2.24) is 0 Å². The SMILES string of the molecule is CC1CCC(OC(=O)c2ccc(N)cc2Cl)CC1. The Morgan fingerprint density at radius 1 is 1.33 bits per heavy atom. The first-order valence-electron chi connectivity index (χ1n) is 6.32. The van der Waals surface area contributed by atoms with Gasteiger partial charge in [0.05, 0.1) is 10.6 Å². The molecule has 1 aromatic rings. The van der Waals surface area contributed by atoms with Crippen LogP contribution >= 0.6 is 11.6 Å². The van der Waals surface area contributed by atoms with Gasteiger partial charge in [0.2, 0.25) is 0 Å². The molecule has 1 saturated carbocycles. The van der Waals surface area contributed by atoms with Crippen LogP contribution in [0.4, 0.5) is 5.69 Å². The van der Waals surface area contributed by atoms with Gasteiger partial charge in [-0.1, -0.05) is 18.5 Å². The number of rotatable bonds is 2. The summed E-state index contributed by atoms with van der Waals surface area (Å²) in [6.45, 7) is 2.23. The average molecular weight is 268 g/mol. The largest absolute Gasteiger partial charge is 0.459 e. The standard InChI is InChI=1S/C14H18ClNO2/c1-9-2-5-11(6-3-9)18-14(17)12-7-4-10(16)8-13(12)15/h4,7-9,11H,2-3,5-6,16H2,1H3. The normalized spacial score (nSPS) is 23.7. The molecule has 0 saturated heterocycles. The fourth-order valence-corrected chi connectivity index (χ4v) is 2.53. The average Bonchev–Trinajstić information content (AvgIpc) is 2.32. The van der Waals surface area contributed by atoms with Crippen LogP contribution in [0.25, 0.3) is 0 Å². The lowest BCUT2D eigenvalue weighted by atomic mass is 9.89. The molecule has 0 aliphatic heterocycles. The zero-order chi connectivity index (χ0) is 13.1. The van der Waals surface area contributed by atoms with Crippen molar-refractivity contribution < 1.29 is 9.53 Å². The summed E-state index contributed by atoms with van der Waals surface area (Å²) in [5.74, 6) is 0.389. The van der Waals surface area contributed by atoms with Gasteiger partial charge in [0.25, 0.3) is 0 Å². The predicted molar refractivity (Wildman–Crippen MR) is 72.7 cm³/mol. The van der Waals surface area contributed by atoms with Crippen LogP contribution < -0.4 is 5.73 Å². The van der Waals surface area contributed by atoms with Crippen molar-refractivity contribution in [2.24, 2.45) is 5.92 Å². The molecule has 2 rings (SSSR count). The zero-order valence-electron chi connectivity index (χ0n) is 10.5. The molecule has 0 radical (unpaired) electrons. The lowest BCUT2D eigenvalue weighted by Gasteiger charge is -2.26. The van der Waals surface area contributed by atoms with Gasteiger partial charge in [0.1, 0.15) is 6.10 Å². The maximum absolute atomic E-state index is 12.0. The van der Waals surface area contributed by atoms with E-state index in [-0.39, 0.29) is 12.1 Å². The van der Waals surface area contributed by atoms with E-state index in [1.54, 1.807) is 18.2 Å². The van der Waals surface area contributed by atoms with Gasteiger partial charge in [0.15, 0.2) is 0 Å². The molecule has 0 spiro atoms. The number of carbonyl (C=O) groups is 1. The molecule has 1 aliphatic rings. The third kappa shape index (κ3) is 3.16. The van der Waals surface area contributed by atoms with E-state index < -0.39 is 0 Å².